The maximum Gasteiger partial charge on any atom is 0.137 e. The molecule has 0 spiro atoms. The van der Waals surface area contributed by atoms with Gasteiger partial charge in [-0.1, -0.05) is 30.4 Å². The lowest BCUT2D eigenvalue weighted by atomic mass is 9.84. The molecule has 1 saturated heterocycles. The molecular formula is C20H24F2N4O. The number of aromatic nitrogens is 3. The number of rotatable bonds is 6. The largest absolute Gasteiger partial charge is 0.381 e. The van der Waals surface area contributed by atoms with Crippen LogP contribution in [0.3, 0.4) is 0 Å². The van der Waals surface area contributed by atoms with E-state index < -0.39 is 23.3 Å². The number of halogens is 2. The molecule has 2 aromatic rings. The van der Waals surface area contributed by atoms with Gasteiger partial charge in [-0.2, -0.15) is 5.10 Å². The average molecular weight is 374 g/mol. The standard InChI is InChI=1S/C20H24F2N4O/c1-3-4-16-7-9-25(10-8-16)15(2)20(27,12-26-14-23-13-24-26)18-6-5-17(21)11-19(18)22/h3-6,11,13-15,27H,1,7-10,12H2,2H3/t15-,20-/m0/s1. The molecule has 0 radical (unpaired) electrons. The van der Waals surface area contributed by atoms with Gasteiger partial charge in [0.25, 0.3) is 0 Å². The molecule has 27 heavy (non-hydrogen) atoms. The zero-order valence-corrected chi connectivity index (χ0v) is 15.4. The molecule has 5 nitrogen and oxygen atoms in total. The molecule has 3 rings (SSSR count). The number of allylic oxidation sites excluding steroid dienone is 2. The molecule has 0 aliphatic carbocycles. The van der Waals surface area contributed by atoms with Crippen LogP contribution < -0.4 is 0 Å². The molecular weight excluding hydrogens is 350 g/mol. The van der Waals surface area contributed by atoms with Gasteiger partial charge in [-0.3, -0.25) is 4.90 Å². The average Bonchev–Trinajstić information content (AvgIpc) is 3.14. The zero-order valence-electron chi connectivity index (χ0n) is 15.4. The maximum atomic E-state index is 14.6. The number of benzene rings is 1. The zero-order chi connectivity index (χ0) is 19.4. The van der Waals surface area contributed by atoms with E-state index in [0.717, 1.165) is 32.0 Å². The van der Waals surface area contributed by atoms with E-state index in [1.54, 1.807) is 6.08 Å². The molecule has 0 amide bonds. The molecule has 2 atom stereocenters. The van der Waals surface area contributed by atoms with Crippen molar-refractivity contribution in [1.82, 2.24) is 19.7 Å². The van der Waals surface area contributed by atoms with Crippen LogP contribution >= 0.6 is 0 Å². The van der Waals surface area contributed by atoms with E-state index in [-0.39, 0.29) is 12.1 Å². The minimum atomic E-state index is -1.59. The van der Waals surface area contributed by atoms with Crippen molar-refractivity contribution < 1.29 is 13.9 Å². The van der Waals surface area contributed by atoms with Crippen molar-refractivity contribution in [2.45, 2.75) is 38.0 Å². The van der Waals surface area contributed by atoms with Crippen LogP contribution in [0.1, 0.15) is 25.3 Å². The Bertz CT molecular complexity index is 811. The number of likely N-dealkylation sites (tertiary alicyclic amines) is 1. The molecule has 1 aromatic carbocycles. The summed E-state index contributed by atoms with van der Waals surface area (Å²) >= 11 is 0. The third kappa shape index (κ3) is 4.14. The van der Waals surface area contributed by atoms with Crippen molar-refractivity contribution in [2.24, 2.45) is 0 Å². The third-order valence-electron chi connectivity index (χ3n) is 5.30. The summed E-state index contributed by atoms with van der Waals surface area (Å²) in [5, 5.41) is 15.6. The first kappa shape index (κ1) is 19.4. The van der Waals surface area contributed by atoms with E-state index in [9.17, 15) is 13.9 Å². The van der Waals surface area contributed by atoms with Crippen LogP contribution in [0.4, 0.5) is 8.78 Å². The monoisotopic (exact) mass is 374 g/mol. The summed E-state index contributed by atoms with van der Waals surface area (Å²) in [5.74, 6) is -1.45. The van der Waals surface area contributed by atoms with Gasteiger partial charge in [0.15, 0.2) is 0 Å². The Hall–Kier alpha value is -2.38. The Morgan fingerprint density at radius 3 is 2.67 bits per heavy atom. The molecule has 1 aromatic heterocycles. The van der Waals surface area contributed by atoms with E-state index in [1.165, 1.54) is 35.0 Å². The molecule has 7 heteroatoms. The Morgan fingerprint density at radius 2 is 2.07 bits per heavy atom. The van der Waals surface area contributed by atoms with Crippen molar-refractivity contribution >= 4 is 0 Å². The van der Waals surface area contributed by atoms with Gasteiger partial charge in [0.1, 0.15) is 29.9 Å². The predicted molar refractivity (Wildman–Crippen MR) is 98.8 cm³/mol. The first-order valence-corrected chi connectivity index (χ1v) is 8.99. The van der Waals surface area contributed by atoms with E-state index >= 15 is 0 Å². The SMILES string of the molecule is C=CC=C1CCN([C@@H](C)[C@@](O)(Cn2cncn2)c2ccc(F)cc2F)CC1. The van der Waals surface area contributed by atoms with Crippen LogP contribution in [-0.4, -0.2) is 43.9 Å². The highest BCUT2D eigenvalue weighted by Crippen LogP contribution is 2.34. The van der Waals surface area contributed by atoms with Gasteiger partial charge < -0.3 is 5.11 Å². The lowest BCUT2D eigenvalue weighted by Crippen LogP contribution is -2.53. The summed E-state index contributed by atoms with van der Waals surface area (Å²) in [6, 6.07) is 2.87. The lowest BCUT2D eigenvalue weighted by Gasteiger charge is -2.43. The molecule has 0 bridgehead atoms. The van der Waals surface area contributed by atoms with Crippen molar-refractivity contribution in [2.75, 3.05) is 13.1 Å². The molecule has 1 N–H and O–H groups in total. The fourth-order valence-corrected chi connectivity index (χ4v) is 3.68. The van der Waals surface area contributed by atoms with Crippen LogP contribution in [0.25, 0.3) is 0 Å². The van der Waals surface area contributed by atoms with E-state index in [4.69, 9.17) is 0 Å². The van der Waals surface area contributed by atoms with Crippen molar-refractivity contribution in [1.29, 1.82) is 0 Å². The van der Waals surface area contributed by atoms with Crippen LogP contribution in [0.15, 0.2) is 55.2 Å². The molecule has 1 aliphatic rings. The fourth-order valence-electron chi connectivity index (χ4n) is 3.68. The normalized spacial score (nSPS) is 18.7. The maximum absolute atomic E-state index is 14.6. The second kappa shape index (κ2) is 8.10. The smallest absolute Gasteiger partial charge is 0.137 e. The van der Waals surface area contributed by atoms with Crippen molar-refractivity contribution in [3.8, 4) is 0 Å². The van der Waals surface area contributed by atoms with Gasteiger partial charge in [0.2, 0.25) is 0 Å². The van der Waals surface area contributed by atoms with Crippen LogP contribution in [0.5, 0.6) is 0 Å². The van der Waals surface area contributed by atoms with Crippen molar-refractivity contribution in [3.63, 3.8) is 0 Å². The van der Waals surface area contributed by atoms with Crippen molar-refractivity contribution in [3.05, 3.63) is 72.4 Å². The van der Waals surface area contributed by atoms with E-state index in [2.05, 4.69) is 21.6 Å². The van der Waals surface area contributed by atoms with Gasteiger partial charge in [-0.25, -0.2) is 18.4 Å². The van der Waals surface area contributed by atoms with Crippen LogP contribution in [0.2, 0.25) is 0 Å². The number of hydrogen-bond acceptors (Lipinski definition) is 4. The van der Waals surface area contributed by atoms with Crippen LogP contribution in [-0.2, 0) is 12.1 Å². The van der Waals surface area contributed by atoms with Gasteiger partial charge in [-0.15, -0.1) is 0 Å². The summed E-state index contributed by atoms with van der Waals surface area (Å²) in [7, 11) is 0. The van der Waals surface area contributed by atoms with E-state index in [1.807, 2.05) is 13.0 Å². The lowest BCUT2D eigenvalue weighted by molar-refractivity contribution is -0.0657. The second-order valence-corrected chi connectivity index (χ2v) is 6.91. The van der Waals surface area contributed by atoms with Gasteiger partial charge in [0, 0.05) is 30.8 Å². The Labute approximate surface area is 157 Å². The summed E-state index contributed by atoms with van der Waals surface area (Å²) in [6.45, 7) is 7.09. The molecule has 144 valence electrons. The Balaban J connectivity index is 1.92. The molecule has 1 fully saturated rings. The van der Waals surface area contributed by atoms with Crippen LogP contribution in [0, 0.1) is 11.6 Å². The number of piperidine rings is 1. The predicted octanol–water partition coefficient (Wildman–Crippen LogP) is 3.04. The first-order valence-electron chi connectivity index (χ1n) is 8.99. The fraction of sp³-hybridized carbons (Fsp3) is 0.400. The molecule has 2 heterocycles. The number of hydrogen-bond donors (Lipinski definition) is 1. The minimum absolute atomic E-state index is 0.0164. The molecule has 1 aliphatic heterocycles. The number of aliphatic hydroxyl groups is 1. The first-order chi connectivity index (χ1) is 12.9. The van der Waals surface area contributed by atoms with Gasteiger partial charge >= 0.3 is 0 Å². The highest BCUT2D eigenvalue weighted by molar-refractivity contribution is 5.27. The van der Waals surface area contributed by atoms with Gasteiger partial charge in [-0.05, 0) is 25.8 Å². The number of nitrogens with zero attached hydrogens (tertiary/aromatic N) is 4. The molecule has 0 saturated carbocycles. The summed E-state index contributed by atoms with van der Waals surface area (Å²) in [6.07, 6.45) is 8.36. The topological polar surface area (TPSA) is 54.2 Å². The summed E-state index contributed by atoms with van der Waals surface area (Å²) in [4.78, 5) is 6.02. The Kier molecular flexibility index (Phi) is 5.82. The second-order valence-electron chi connectivity index (χ2n) is 6.91. The van der Waals surface area contributed by atoms with Gasteiger partial charge in [0.05, 0.1) is 6.54 Å². The summed E-state index contributed by atoms with van der Waals surface area (Å²) < 4.78 is 29.5. The summed E-state index contributed by atoms with van der Waals surface area (Å²) in [5.41, 5.74) is -0.230. The van der Waals surface area contributed by atoms with E-state index in [0.29, 0.717) is 0 Å². The third-order valence-corrected chi connectivity index (χ3v) is 5.30. The molecule has 0 unspecified atom stereocenters. The quantitative estimate of drug-likeness (QED) is 0.844. The highest BCUT2D eigenvalue weighted by Gasteiger charge is 2.42. The Morgan fingerprint density at radius 1 is 1.33 bits per heavy atom. The minimum Gasteiger partial charge on any atom is -0.381 e. The highest BCUT2D eigenvalue weighted by atomic mass is 19.1.